The summed E-state index contributed by atoms with van der Waals surface area (Å²) in [6.07, 6.45) is 3.75. The number of piperidine rings is 2. The molecule has 1 saturated carbocycles. The molecule has 6 heterocycles. The molecule has 1 aliphatic carbocycles. The van der Waals surface area contributed by atoms with Gasteiger partial charge in [0.05, 0.1) is 47.6 Å². The number of ether oxygens (including phenoxy) is 2. The zero-order valence-corrected chi connectivity index (χ0v) is 34.7. The van der Waals surface area contributed by atoms with E-state index in [1.54, 1.807) is 23.7 Å². The molecule has 1 spiro atoms. The minimum atomic E-state index is -4.67. The topological polar surface area (TPSA) is 158 Å². The molecule has 2 N–H and O–H groups in total. The van der Waals surface area contributed by atoms with Gasteiger partial charge in [0.25, 0.3) is 5.91 Å². The predicted molar refractivity (Wildman–Crippen MR) is 223 cm³/mol. The van der Waals surface area contributed by atoms with E-state index in [2.05, 4.69) is 25.4 Å². The summed E-state index contributed by atoms with van der Waals surface area (Å²) in [4.78, 5) is 59.5. The third-order valence-electron chi connectivity index (χ3n) is 13.3. The van der Waals surface area contributed by atoms with E-state index in [1.807, 2.05) is 29.1 Å². The lowest BCUT2D eigenvalue weighted by atomic mass is 9.84. The highest BCUT2D eigenvalue weighted by Crippen LogP contribution is 2.38. The molecular weight excluding hydrogens is 808 g/mol. The summed E-state index contributed by atoms with van der Waals surface area (Å²) in [5.74, 6) is -0.624. The maximum atomic E-state index is 13.5. The van der Waals surface area contributed by atoms with Crippen LogP contribution in [0.5, 0.6) is 5.75 Å². The van der Waals surface area contributed by atoms with E-state index in [-0.39, 0.29) is 35.4 Å². The quantitative estimate of drug-likeness (QED) is 0.183. The Bertz CT molecular complexity index is 2590. The molecular formula is C44H50F3N9O6. The van der Waals surface area contributed by atoms with E-state index in [4.69, 9.17) is 14.6 Å². The Kier molecular flexibility index (Phi) is 11.2. The third-order valence-corrected chi connectivity index (χ3v) is 13.3. The molecule has 9 rings (SSSR count). The van der Waals surface area contributed by atoms with Crippen LogP contribution in [0, 0.1) is 5.92 Å². The number of carbonyl (C=O) groups is 3. The Labute approximate surface area is 355 Å². The Morgan fingerprint density at radius 2 is 1.77 bits per heavy atom. The molecule has 3 saturated heterocycles. The van der Waals surface area contributed by atoms with Crippen LogP contribution in [0.15, 0.2) is 59.5 Å². The van der Waals surface area contributed by atoms with Gasteiger partial charge in [-0.2, -0.15) is 18.3 Å². The molecule has 0 radical (unpaired) electrons. The van der Waals surface area contributed by atoms with Crippen LogP contribution in [0.2, 0.25) is 0 Å². The molecule has 4 fully saturated rings. The number of imidazole rings is 1. The average Bonchev–Trinajstić information content (AvgIpc) is 3.79. The zero-order chi connectivity index (χ0) is 43.3. The van der Waals surface area contributed by atoms with Crippen molar-refractivity contribution >= 4 is 45.3 Å². The Balaban J connectivity index is 0.784. The van der Waals surface area contributed by atoms with Crippen LogP contribution >= 0.6 is 0 Å². The number of rotatable bonds is 9. The molecule has 2 aromatic carbocycles. The van der Waals surface area contributed by atoms with Crippen molar-refractivity contribution in [2.24, 2.45) is 13.0 Å². The number of alkyl halides is 3. The molecule has 1 unspecified atom stereocenters. The summed E-state index contributed by atoms with van der Waals surface area (Å²) in [7, 11) is 3.20. The fourth-order valence-electron chi connectivity index (χ4n) is 10.0. The standard InChI is InChI=1S/C44H50F3N9O6/c1-52-39-28(5-3-7-34(39)56(42(52)60)35-13-14-38(57)50-41(35)59)24-54-19-20-62-43(26-54)15-17-53(18-16-43)23-27-9-11-30(12-10-27)55-25-29-21-33(36(61-2)22-32(29)51-55)49-40(58)31-6-4-8-37(48-31)44(45,46)47/h3-8,21-22,25,27,30,35H,9-20,23-24,26H2,1-2H3,(H,49,58)(H,50,57,59)/t27-,30-,35?. The SMILES string of the molecule is COc1cc2nn([C@H]3CC[C@H](CN4CCC5(CC4)CN(Cc4cccc6c4n(C)c(=O)n6C4CCC(=O)NC4=O)CCO5)CC3)cc2cc1NC(=O)c1cccc(C(F)(F)F)n1. The fraction of sp³-hybridized carbons (Fsp3) is 0.500. The van der Waals surface area contributed by atoms with Gasteiger partial charge in [0.1, 0.15) is 23.2 Å². The lowest BCUT2D eigenvalue weighted by Crippen LogP contribution is -2.57. The van der Waals surface area contributed by atoms with Gasteiger partial charge in [0.2, 0.25) is 11.8 Å². The number of halogens is 3. The number of hydrogen-bond acceptors (Lipinski definition) is 10. The van der Waals surface area contributed by atoms with Crippen LogP contribution < -0.4 is 21.1 Å². The van der Waals surface area contributed by atoms with Gasteiger partial charge in [-0.3, -0.25) is 38.4 Å². The maximum absolute atomic E-state index is 13.5. The summed E-state index contributed by atoms with van der Waals surface area (Å²) in [6.45, 7) is 5.83. The first-order valence-corrected chi connectivity index (χ1v) is 21.3. The van der Waals surface area contributed by atoms with Crippen molar-refractivity contribution in [2.45, 2.75) is 81.8 Å². The summed E-state index contributed by atoms with van der Waals surface area (Å²) in [6, 6.07) is 12.0. The normalized spacial score (nSPS) is 22.6. The number of aromatic nitrogens is 5. The van der Waals surface area contributed by atoms with Crippen LogP contribution in [0.25, 0.3) is 21.9 Å². The molecule has 3 amide bonds. The molecule has 62 heavy (non-hydrogen) atoms. The molecule has 1 atom stereocenters. The van der Waals surface area contributed by atoms with E-state index in [0.717, 1.165) is 99.8 Å². The second-order valence-electron chi connectivity index (χ2n) is 17.3. The number of anilines is 1. The van der Waals surface area contributed by atoms with Crippen molar-refractivity contribution in [1.82, 2.24) is 39.0 Å². The largest absolute Gasteiger partial charge is 0.494 e. The Morgan fingerprint density at radius 3 is 2.52 bits per heavy atom. The van der Waals surface area contributed by atoms with E-state index in [1.165, 1.54) is 17.7 Å². The lowest BCUT2D eigenvalue weighted by molar-refractivity contribution is -0.141. The minimum Gasteiger partial charge on any atom is -0.494 e. The van der Waals surface area contributed by atoms with Crippen LogP contribution in [0.1, 0.15) is 85.2 Å². The number of carbonyl (C=O) groups excluding carboxylic acids is 3. The molecule has 328 valence electrons. The van der Waals surface area contributed by atoms with Crippen molar-refractivity contribution in [3.63, 3.8) is 0 Å². The minimum absolute atomic E-state index is 0.197. The number of aryl methyl sites for hydroxylation is 1. The second kappa shape index (κ2) is 16.6. The van der Waals surface area contributed by atoms with E-state index < -0.39 is 29.7 Å². The number of methoxy groups -OCH3 is 1. The van der Waals surface area contributed by atoms with Crippen LogP contribution in [0.3, 0.4) is 0 Å². The van der Waals surface area contributed by atoms with Crippen LogP contribution in [0.4, 0.5) is 18.9 Å². The third kappa shape index (κ3) is 8.22. The smallest absolute Gasteiger partial charge is 0.433 e. The van der Waals surface area contributed by atoms with E-state index in [0.29, 0.717) is 48.0 Å². The van der Waals surface area contributed by atoms with Gasteiger partial charge in [-0.15, -0.1) is 0 Å². The Hall–Kier alpha value is -5.59. The van der Waals surface area contributed by atoms with Gasteiger partial charge in [-0.1, -0.05) is 18.2 Å². The van der Waals surface area contributed by atoms with Crippen molar-refractivity contribution < 1.29 is 37.0 Å². The van der Waals surface area contributed by atoms with Gasteiger partial charge in [0.15, 0.2) is 0 Å². The zero-order valence-electron chi connectivity index (χ0n) is 34.7. The number of pyridine rings is 1. The number of fused-ring (bicyclic) bond motifs is 2. The number of nitrogens with one attached hydrogen (secondary N) is 2. The molecule has 15 nitrogen and oxygen atoms in total. The monoisotopic (exact) mass is 857 g/mol. The van der Waals surface area contributed by atoms with Crippen LogP contribution in [-0.2, 0) is 34.1 Å². The molecule has 5 aromatic rings. The number of nitrogens with zero attached hydrogens (tertiary/aromatic N) is 7. The van der Waals surface area contributed by atoms with Crippen molar-refractivity contribution in [1.29, 1.82) is 0 Å². The molecule has 3 aromatic heterocycles. The number of para-hydroxylation sites is 1. The van der Waals surface area contributed by atoms with Gasteiger partial charge >= 0.3 is 11.9 Å². The summed E-state index contributed by atoms with van der Waals surface area (Å²) in [5, 5.41) is 10.7. The maximum Gasteiger partial charge on any atom is 0.433 e. The lowest BCUT2D eigenvalue weighted by Gasteiger charge is -2.48. The summed E-state index contributed by atoms with van der Waals surface area (Å²) in [5.41, 5.74) is 1.53. The first-order valence-electron chi connectivity index (χ1n) is 21.3. The fourth-order valence-corrected chi connectivity index (χ4v) is 10.0. The number of benzene rings is 2. The summed E-state index contributed by atoms with van der Waals surface area (Å²) < 4.78 is 56.8. The highest BCUT2D eigenvalue weighted by Gasteiger charge is 2.41. The van der Waals surface area contributed by atoms with E-state index in [9.17, 15) is 32.3 Å². The number of hydrogen-bond donors (Lipinski definition) is 2. The van der Waals surface area contributed by atoms with Gasteiger partial charge < -0.3 is 19.7 Å². The van der Waals surface area contributed by atoms with Crippen LogP contribution in [-0.4, -0.2) is 103 Å². The molecule has 0 bridgehead atoms. The second-order valence-corrected chi connectivity index (χ2v) is 17.3. The van der Waals surface area contributed by atoms with Gasteiger partial charge in [0, 0.05) is 70.4 Å². The number of likely N-dealkylation sites (tertiary alicyclic amines) is 1. The number of amides is 3. The highest BCUT2D eigenvalue weighted by atomic mass is 19.4. The molecule has 3 aliphatic heterocycles. The highest BCUT2D eigenvalue weighted by molar-refractivity contribution is 6.05. The van der Waals surface area contributed by atoms with Crippen molar-refractivity contribution in [3.8, 4) is 5.75 Å². The number of imide groups is 1. The average molecular weight is 858 g/mol. The van der Waals surface area contributed by atoms with Gasteiger partial charge in [-0.05, 0) is 80.7 Å². The van der Waals surface area contributed by atoms with Gasteiger partial charge in [-0.25, -0.2) is 9.78 Å². The predicted octanol–water partition coefficient (Wildman–Crippen LogP) is 5.44. The summed E-state index contributed by atoms with van der Waals surface area (Å²) >= 11 is 0. The number of morpholine rings is 1. The molecule has 4 aliphatic rings. The molecule has 18 heteroatoms. The van der Waals surface area contributed by atoms with E-state index >= 15 is 0 Å². The van der Waals surface area contributed by atoms with Crippen molar-refractivity contribution in [3.05, 3.63) is 82.2 Å². The first kappa shape index (κ1) is 41.7. The Morgan fingerprint density at radius 1 is 1.00 bits per heavy atom. The van der Waals surface area contributed by atoms with Crippen molar-refractivity contribution in [2.75, 3.05) is 51.8 Å². The first-order chi connectivity index (χ1) is 29.8.